The Balaban J connectivity index is 3.21. The van der Waals surface area contributed by atoms with Gasteiger partial charge in [0, 0.05) is 0 Å². The lowest BCUT2D eigenvalue weighted by atomic mass is 10.3. The molecule has 1 heterocycles. The average Bonchev–Trinajstić information content (AvgIpc) is 1.99. The second-order valence-corrected chi connectivity index (χ2v) is 2.50. The molecule has 1 aromatic rings. The third kappa shape index (κ3) is 1.55. The molecule has 3 nitrogen and oxygen atoms in total. The second-order valence-electron chi connectivity index (χ2n) is 2.14. The molecule has 0 aromatic carbocycles. The van der Waals surface area contributed by atoms with Crippen LogP contribution in [0.2, 0.25) is 5.15 Å². The first-order valence-electron chi connectivity index (χ1n) is 3.02. The van der Waals surface area contributed by atoms with E-state index in [2.05, 4.69) is 4.98 Å². The maximum absolute atomic E-state index is 12.0. The van der Waals surface area contributed by atoms with E-state index >= 15 is 0 Å². The minimum Gasteiger partial charge on any atom is -0.397 e. The maximum Gasteiger partial charge on any atom is 0.280 e. The van der Waals surface area contributed by atoms with Gasteiger partial charge >= 0.3 is 0 Å². The fourth-order valence-corrected chi connectivity index (χ4v) is 0.881. The van der Waals surface area contributed by atoms with Crippen LogP contribution in [0.25, 0.3) is 0 Å². The number of nitrogen functional groups attached to an aromatic ring is 2. The van der Waals surface area contributed by atoms with Gasteiger partial charge in [-0.3, -0.25) is 0 Å². The summed E-state index contributed by atoms with van der Waals surface area (Å²) in [5.74, 6) is 0. The Kier molecular flexibility index (Phi) is 2.32. The third-order valence-corrected chi connectivity index (χ3v) is 1.58. The quantitative estimate of drug-likeness (QED) is 0.669. The van der Waals surface area contributed by atoms with Crippen LogP contribution in [0.5, 0.6) is 0 Å². The molecule has 0 unspecified atom stereocenters. The van der Waals surface area contributed by atoms with Gasteiger partial charge in [-0.1, -0.05) is 11.6 Å². The Bertz CT molecular complexity index is 280. The van der Waals surface area contributed by atoms with E-state index in [1.165, 1.54) is 0 Å². The Labute approximate surface area is 72.3 Å². The van der Waals surface area contributed by atoms with Crippen LogP contribution in [-0.4, -0.2) is 4.98 Å². The van der Waals surface area contributed by atoms with Gasteiger partial charge < -0.3 is 11.5 Å². The number of nitrogens with two attached hydrogens (primary N) is 2. The van der Waals surface area contributed by atoms with Gasteiger partial charge in [-0.2, -0.15) is 0 Å². The van der Waals surface area contributed by atoms with Crippen molar-refractivity contribution >= 4 is 23.0 Å². The summed E-state index contributed by atoms with van der Waals surface area (Å²) in [4.78, 5) is 3.34. The molecule has 0 fully saturated rings. The lowest BCUT2D eigenvalue weighted by molar-refractivity contribution is 0.146. The number of pyridine rings is 1. The van der Waals surface area contributed by atoms with Crippen LogP contribution in [0.15, 0.2) is 6.07 Å². The van der Waals surface area contributed by atoms with E-state index in [1.54, 1.807) is 0 Å². The summed E-state index contributed by atoms with van der Waals surface area (Å²) in [7, 11) is 0. The zero-order valence-corrected chi connectivity index (χ0v) is 6.65. The number of alkyl halides is 2. The molecule has 4 N–H and O–H groups in total. The maximum atomic E-state index is 12.0. The first-order chi connectivity index (χ1) is 5.52. The minimum atomic E-state index is -2.69. The van der Waals surface area contributed by atoms with E-state index in [0.717, 1.165) is 6.07 Å². The van der Waals surface area contributed by atoms with Crippen LogP contribution in [0, 0.1) is 0 Å². The molecule has 6 heteroatoms. The number of nitrogens with zero attached hydrogens (tertiary/aromatic N) is 1. The first kappa shape index (κ1) is 8.99. The predicted molar refractivity (Wildman–Crippen MR) is 43.0 cm³/mol. The summed E-state index contributed by atoms with van der Waals surface area (Å²) in [6.45, 7) is 0. The smallest absolute Gasteiger partial charge is 0.280 e. The van der Waals surface area contributed by atoms with E-state index in [0.29, 0.717) is 0 Å². The van der Waals surface area contributed by atoms with Crippen LogP contribution in [-0.2, 0) is 0 Å². The van der Waals surface area contributed by atoms with Crippen LogP contribution in [0.3, 0.4) is 0 Å². The molecule has 12 heavy (non-hydrogen) atoms. The molecule has 0 aliphatic rings. The molecule has 0 bridgehead atoms. The summed E-state index contributed by atoms with van der Waals surface area (Å²) in [6.07, 6.45) is -2.69. The van der Waals surface area contributed by atoms with E-state index in [9.17, 15) is 8.78 Å². The van der Waals surface area contributed by atoms with Gasteiger partial charge in [0.2, 0.25) is 0 Å². The molecule has 0 spiro atoms. The molecule has 0 amide bonds. The fourth-order valence-electron chi connectivity index (χ4n) is 0.674. The Morgan fingerprint density at radius 3 is 2.42 bits per heavy atom. The highest BCUT2D eigenvalue weighted by Crippen LogP contribution is 2.27. The lowest BCUT2D eigenvalue weighted by Gasteiger charge is -2.04. The topological polar surface area (TPSA) is 64.9 Å². The largest absolute Gasteiger partial charge is 0.397 e. The molecule has 66 valence electrons. The average molecular weight is 194 g/mol. The monoisotopic (exact) mass is 193 g/mol. The van der Waals surface area contributed by atoms with Gasteiger partial charge in [-0.15, -0.1) is 0 Å². The van der Waals surface area contributed by atoms with Crippen molar-refractivity contribution < 1.29 is 8.78 Å². The van der Waals surface area contributed by atoms with E-state index in [1.807, 2.05) is 0 Å². The van der Waals surface area contributed by atoms with Gasteiger partial charge in [0.15, 0.2) is 5.15 Å². The molecule has 0 atom stereocenters. The molecule has 1 rings (SSSR count). The minimum absolute atomic E-state index is 0.0188. The zero-order valence-electron chi connectivity index (χ0n) is 5.89. The van der Waals surface area contributed by atoms with Crippen molar-refractivity contribution in [2.24, 2.45) is 0 Å². The lowest BCUT2D eigenvalue weighted by Crippen LogP contribution is -2.00. The summed E-state index contributed by atoms with van der Waals surface area (Å²) < 4.78 is 24.1. The molecule has 0 aliphatic carbocycles. The van der Waals surface area contributed by atoms with Crippen LogP contribution >= 0.6 is 11.6 Å². The van der Waals surface area contributed by atoms with Crippen molar-refractivity contribution in [3.8, 4) is 0 Å². The molecule has 0 aliphatic heterocycles. The Hall–Kier alpha value is -1.10. The summed E-state index contributed by atoms with van der Waals surface area (Å²) in [6, 6.07) is 1.01. The number of aromatic nitrogens is 1. The van der Waals surface area contributed by atoms with Crippen molar-refractivity contribution in [1.82, 2.24) is 4.98 Å². The van der Waals surface area contributed by atoms with Crippen LogP contribution < -0.4 is 11.5 Å². The SMILES string of the molecule is Nc1cc(C(F)F)nc(Cl)c1N. The van der Waals surface area contributed by atoms with Crippen molar-refractivity contribution in [2.45, 2.75) is 6.43 Å². The third-order valence-electron chi connectivity index (χ3n) is 1.29. The van der Waals surface area contributed by atoms with Crippen molar-refractivity contribution in [3.63, 3.8) is 0 Å². The number of halogens is 3. The highest BCUT2D eigenvalue weighted by molar-refractivity contribution is 6.32. The highest BCUT2D eigenvalue weighted by atomic mass is 35.5. The van der Waals surface area contributed by atoms with Gasteiger partial charge in [-0.25, -0.2) is 13.8 Å². The predicted octanol–water partition coefficient (Wildman–Crippen LogP) is 1.84. The number of anilines is 2. The number of hydrogen-bond donors (Lipinski definition) is 2. The molecule has 0 saturated heterocycles. The molecule has 0 saturated carbocycles. The van der Waals surface area contributed by atoms with Crippen molar-refractivity contribution in [3.05, 3.63) is 16.9 Å². The fraction of sp³-hybridized carbons (Fsp3) is 0.167. The van der Waals surface area contributed by atoms with Gasteiger partial charge in [0.1, 0.15) is 5.69 Å². The molecular formula is C6H6ClF2N3. The van der Waals surface area contributed by atoms with Gasteiger partial charge in [0.25, 0.3) is 6.43 Å². The normalized spacial score (nSPS) is 10.7. The van der Waals surface area contributed by atoms with Gasteiger partial charge in [0.05, 0.1) is 11.4 Å². The Morgan fingerprint density at radius 2 is 2.00 bits per heavy atom. The van der Waals surface area contributed by atoms with Crippen LogP contribution in [0.4, 0.5) is 20.2 Å². The standard InChI is InChI=1S/C6H6ClF2N3/c7-5-4(11)2(10)1-3(12-5)6(8)9/h1,6H,11H2,(H2,10,12). The second kappa shape index (κ2) is 3.10. The first-order valence-corrected chi connectivity index (χ1v) is 3.39. The van der Waals surface area contributed by atoms with Crippen molar-refractivity contribution in [2.75, 3.05) is 11.5 Å². The number of rotatable bonds is 1. The Morgan fingerprint density at radius 1 is 1.42 bits per heavy atom. The van der Waals surface area contributed by atoms with Gasteiger partial charge in [-0.05, 0) is 6.07 Å². The molecular weight excluding hydrogens is 188 g/mol. The van der Waals surface area contributed by atoms with E-state index < -0.39 is 12.1 Å². The van der Waals surface area contributed by atoms with Crippen molar-refractivity contribution in [1.29, 1.82) is 0 Å². The summed E-state index contributed by atoms with van der Waals surface area (Å²) >= 11 is 5.41. The van der Waals surface area contributed by atoms with Crippen LogP contribution in [0.1, 0.15) is 12.1 Å². The zero-order chi connectivity index (χ0) is 9.30. The summed E-state index contributed by atoms with van der Waals surface area (Å²) in [5.41, 5.74) is 10.1. The summed E-state index contributed by atoms with van der Waals surface area (Å²) in [5, 5.41) is -0.190. The highest BCUT2D eigenvalue weighted by Gasteiger charge is 2.12. The van der Waals surface area contributed by atoms with E-state index in [4.69, 9.17) is 23.1 Å². The molecule has 0 radical (unpaired) electrons. The van der Waals surface area contributed by atoms with E-state index in [-0.39, 0.29) is 16.5 Å². The number of hydrogen-bond acceptors (Lipinski definition) is 3. The molecule has 1 aromatic heterocycles.